The minimum atomic E-state index is -0.0985. The van der Waals surface area contributed by atoms with E-state index in [9.17, 15) is 5.11 Å². The molecule has 0 aliphatic carbocycles. The van der Waals surface area contributed by atoms with E-state index < -0.39 is 0 Å². The van der Waals surface area contributed by atoms with E-state index in [0.29, 0.717) is 17.0 Å². The number of halogens is 1. The summed E-state index contributed by atoms with van der Waals surface area (Å²) in [4.78, 5) is 0. The molecule has 0 amide bonds. The summed E-state index contributed by atoms with van der Waals surface area (Å²) in [6.45, 7) is 3.48. The van der Waals surface area contributed by atoms with Crippen molar-refractivity contribution < 1.29 is 9.84 Å². The lowest BCUT2D eigenvalue weighted by atomic mass is 10.0. The van der Waals surface area contributed by atoms with Crippen molar-refractivity contribution in [3.63, 3.8) is 0 Å². The van der Waals surface area contributed by atoms with Gasteiger partial charge < -0.3 is 15.6 Å². The first-order valence-electron chi connectivity index (χ1n) is 5.37. The standard InChI is InChI=1S/C14H16BrNO2/c1-3-4-5-6-12(16)13-10(9-17)7-8-11(15)14(13)18-2/h3-8,17H,1,9,16H2,2H3/b5-4-,12-6-. The van der Waals surface area contributed by atoms with E-state index >= 15 is 0 Å². The number of aliphatic hydroxyl groups excluding tert-OH is 1. The first-order chi connectivity index (χ1) is 8.65. The van der Waals surface area contributed by atoms with E-state index in [2.05, 4.69) is 22.5 Å². The topological polar surface area (TPSA) is 55.5 Å². The number of ether oxygens (including phenoxy) is 1. The minimum absolute atomic E-state index is 0.0985. The monoisotopic (exact) mass is 309 g/mol. The van der Waals surface area contributed by atoms with Crippen LogP contribution in [0.5, 0.6) is 5.75 Å². The molecule has 0 saturated heterocycles. The summed E-state index contributed by atoms with van der Waals surface area (Å²) in [5, 5.41) is 9.36. The van der Waals surface area contributed by atoms with Crippen molar-refractivity contribution in [2.45, 2.75) is 6.61 Å². The van der Waals surface area contributed by atoms with E-state index in [1.165, 1.54) is 0 Å². The van der Waals surface area contributed by atoms with Gasteiger partial charge in [-0.15, -0.1) is 0 Å². The predicted molar refractivity (Wildman–Crippen MR) is 78.1 cm³/mol. The van der Waals surface area contributed by atoms with Gasteiger partial charge in [-0.1, -0.05) is 30.9 Å². The zero-order valence-corrected chi connectivity index (χ0v) is 11.8. The molecule has 0 bridgehead atoms. The number of hydrogen-bond donors (Lipinski definition) is 2. The largest absolute Gasteiger partial charge is 0.495 e. The normalized spacial score (nSPS) is 11.8. The number of methoxy groups -OCH3 is 1. The molecule has 0 spiro atoms. The molecule has 0 heterocycles. The second-order valence-electron chi connectivity index (χ2n) is 3.52. The average molecular weight is 310 g/mol. The first-order valence-corrected chi connectivity index (χ1v) is 6.16. The van der Waals surface area contributed by atoms with Crippen LogP contribution in [0.25, 0.3) is 5.70 Å². The Morgan fingerprint density at radius 1 is 1.50 bits per heavy atom. The van der Waals surface area contributed by atoms with Crippen LogP contribution in [-0.4, -0.2) is 12.2 Å². The van der Waals surface area contributed by atoms with Gasteiger partial charge >= 0.3 is 0 Å². The Kier molecular flexibility index (Phi) is 5.68. The van der Waals surface area contributed by atoms with Gasteiger partial charge in [0.25, 0.3) is 0 Å². The SMILES string of the molecule is C=C/C=C\C=C(/N)c1c(CO)ccc(Br)c1OC. The van der Waals surface area contributed by atoms with Gasteiger partial charge in [0.15, 0.2) is 0 Å². The average Bonchev–Trinajstić information content (AvgIpc) is 2.38. The second kappa shape index (κ2) is 7.03. The Balaban J connectivity index is 3.35. The molecule has 0 aliphatic rings. The molecule has 0 atom stereocenters. The molecule has 3 N–H and O–H groups in total. The van der Waals surface area contributed by atoms with Gasteiger partial charge in [0.1, 0.15) is 5.75 Å². The third kappa shape index (κ3) is 3.24. The second-order valence-corrected chi connectivity index (χ2v) is 4.37. The molecule has 1 rings (SSSR count). The smallest absolute Gasteiger partial charge is 0.142 e. The maximum Gasteiger partial charge on any atom is 0.142 e. The van der Waals surface area contributed by atoms with Gasteiger partial charge in [0.2, 0.25) is 0 Å². The first kappa shape index (κ1) is 14.5. The molecule has 4 heteroatoms. The Morgan fingerprint density at radius 3 is 2.78 bits per heavy atom. The highest BCUT2D eigenvalue weighted by Crippen LogP contribution is 2.34. The molecular formula is C14H16BrNO2. The summed E-state index contributed by atoms with van der Waals surface area (Å²) in [5.41, 5.74) is 7.96. The van der Waals surface area contributed by atoms with Crippen LogP contribution in [0.3, 0.4) is 0 Å². The summed E-state index contributed by atoms with van der Waals surface area (Å²) in [6.07, 6.45) is 6.96. The van der Waals surface area contributed by atoms with Crippen LogP contribution in [-0.2, 0) is 6.61 Å². The van der Waals surface area contributed by atoms with Crippen molar-refractivity contribution in [1.29, 1.82) is 0 Å². The lowest BCUT2D eigenvalue weighted by Gasteiger charge is -2.14. The molecule has 1 aromatic carbocycles. The summed E-state index contributed by atoms with van der Waals surface area (Å²) in [5.74, 6) is 0.613. The number of nitrogens with two attached hydrogens (primary N) is 1. The van der Waals surface area contributed by atoms with E-state index in [1.807, 2.05) is 6.07 Å². The number of benzene rings is 1. The van der Waals surface area contributed by atoms with Gasteiger partial charge in [0, 0.05) is 11.3 Å². The highest BCUT2D eigenvalue weighted by Gasteiger charge is 2.14. The van der Waals surface area contributed by atoms with Crippen LogP contribution in [0, 0.1) is 0 Å². The van der Waals surface area contributed by atoms with Crippen molar-refractivity contribution in [2.24, 2.45) is 5.73 Å². The summed E-state index contributed by atoms with van der Waals surface area (Å²) in [7, 11) is 1.57. The fraction of sp³-hybridized carbons (Fsp3) is 0.143. The van der Waals surface area contributed by atoms with Crippen LogP contribution >= 0.6 is 15.9 Å². The van der Waals surface area contributed by atoms with Gasteiger partial charge in [-0.3, -0.25) is 0 Å². The Labute approximate surface area is 115 Å². The molecule has 0 aromatic heterocycles. The molecular weight excluding hydrogens is 294 g/mol. The number of rotatable bonds is 5. The fourth-order valence-electron chi connectivity index (χ4n) is 1.57. The van der Waals surface area contributed by atoms with Crippen LogP contribution in [0.1, 0.15) is 11.1 Å². The van der Waals surface area contributed by atoms with Crippen molar-refractivity contribution in [2.75, 3.05) is 7.11 Å². The maximum atomic E-state index is 9.36. The van der Waals surface area contributed by atoms with E-state index in [-0.39, 0.29) is 6.61 Å². The fourth-order valence-corrected chi connectivity index (χ4v) is 2.06. The Bertz CT molecular complexity index is 493. The summed E-state index contributed by atoms with van der Waals surface area (Å²) < 4.78 is 6.12. The molecule has 0 radical (unpaired) electrons. The van der Waals surface area contributed by atoms with Gasteiger partial charge in [0.05, 0.1) is 18.2 Å². The molecule has 0 aliphatic heterocycles. The van der Waals surface area contributed by atoms with Crippen LogP contribution in [0.2, 0.25) is 0 Å². The predicted octanol–water partition coefficient (Wildman–Crippen LogP) is 2.99. The van der Waals surface area contributed by atoms with Crippen LogP contribution in [0.15, 0.2) is 47.5 Å². The molecule has 0 unspecified atom stereocenters. The summed E-state index contributed by atoms with van der Waals surface area (Å²) >= 11 is 3.40. The van der Waals surface area contributed by atoms with Gasteiger partial charge in [-0.05, 0) is 33.6 Å². The minimum Gasteiger partial charge on any atom is -0.495 e. The molecule has 96 valence electrons. The molecule has 1 aromatic rings. The highest BCUT2D eigenvalue weighted by molar-refractivity contribution is 9.10. The quantitative estimate of drug-likeness (QED) is 0.822. The Morgan fingerprint density at radius 2 is 2.22 bits per heavy atom. The molecule has 0 saturated carbocycles. The molecule has 0 fully saturated rings. The highest BCUT2D eigenvalue weighted by atomic mass is 79.9. The molecule has 3 nitrogen and oxygen atoms in total. The third-order valence-corrected chi connectivity index (χ3v) is 3.01. The van der Waals surface area contributed by atoms with Gasteiger partial charge in [-0.2, -0.15) is 0 Å². The van der Waals surface area contributed by atoms with Crippen LogP contribution in [0.4, 0.5) is 0 Å². The van der Waals surface area contributed by atoms with E-state index in [4.69, 9.17) is 10.5 Å². The van der Waals surface area contributed by atoms with Crippen LogP contribution < -0.4 is 10.5 Å². The number of hydrogen-bond acceptors (Lipinski definition) is 3. The van der Waals surface area contributed by atoms with E-state index in [1.54, 1.807) is 37.5 Å². The number of aliphatic hydroxyl groups is 1. The molecule has 18 heavy (non-hydrogen) atoms. The number of allylic oxidation sites excluding steroid dienone is 4. The lowest BCUT2D eigenvalue weighted by Crippen LogP contribution is -2.04. The van der Waals surface area contributed by atoms with Crippen molar-refractivity contribution in [3.05, 3.63) is 58.6 Å². The Hall–Kier alpha value is -1.52. The maximum absolute atomic E-state index is 9.36. The van der Waals surface area contributed by atoms with Crippen molar-refractivity contribution in [1.82, 2.24) is 0 Å². The van der Waals surface area contributed by atoms with Crippen molar-refractivity contribution >= 4 is 21.6 Å². The lowest BCUT2D eigenvalue weighted by molar-refractivity contribution is 0.280. The zero-order valence-electron chi connectivity index (χ0n) is 10.2. The third-order valence-electron chi connectivity index (χ3n) is 2.38. The van der Waals surface area contributed by atoms with Crippen molar-refractivity contribution in [3.8, 4) is 5.75 Å². The zero-order chi connectivity index (χ0) is 13.5. The van der Waals surface area contributed by atoms with E-state index in [0.717, 1.165) is 10.0 Å². The van der Waals surface area contributed by atoms with Gasteiger partial charge in [-0.25, -0.2) is 0 Å². The summed E-state index contributed by atoms with van der Waals surface area (Å²) in [6, 6.07) is 3.63.